The fourth-order valence-electron chi connectivity index (χ4n) is 1.96. The Labute approximate surface area is 122 Å². The minimum atomic E-state index is -3.28. The van der Waals surface area contributed by atoms with Crippen molar-refractivity contribution >= 4 is 15.8 Å². The second kappa shape index (κ2) is 5.57. The van der Waals surface area contributed by atoms with E-state index in [4.69, 9.17) is 4.74 Å². The molecule has 110 valence electrons. The highest BCUT2D eigenvalue weighted by molar-refractivity contribution is 7.90. The molecule has 0 amide bonds. The van der Waals surface area contributed by atoms with Crippen LogP contribution in [0.4, 0.5) is 0 Å². The van der Waals surface area contributed by atoms with Crippen LogP contribution in [0.1, 0.15) is 10.4 Å². The van der Waals surface area contributed by atoms with Crippen LogP contribution in [0.15, 0.2) is 47.4 Å². The molecule has 0 saturated carbocycles. The Bertz CT molecular complexity index is 776. The van der Waals surface area contributed by atoms with Gasteiger partial charge in [-0.2, -0.15) is 0 Å². The van der Waals surface area contributed by atoms with Crippen molar-refractivity contribution in [1.82, 2.24) is 0 Å². The molecule has 0 saturated heterocycles. The van der Waals surface area contributed by atoms with Crippen molar-refractivity contribution in [3.8, 4) is 16.9 Å². The van der Waals surface area contributed by atoms with Gasteiger partial charge in [0.25, 0.3) is 0 Å². The number of carboxylic acids is 1. The van der Waals surface area contributed by atoms with E-state index in [0.29, 0.717) is 16.9 Å². The Morgan fingerprint density at radius 2 is 1.71 bits per heavy atom. The van der Waals surface area contributed by atoms with Gasteiger partial charge in [0.05, 0.1) is 17.6 Å². The number of carbonyl (C=O) groups is 1. The van der Waals surface area contributed by atoms with Crippen molar-refractivity contribution in [2.45, 2.75) is 4.90 Å². The minimum Gasteiger partial charge on any atom is -0.497 e. The molecule has 0 aromatic heterocycles. The van der Waals surface area contributed by atoms with E-state index in [-0.39, 0.29) is 10.5 Å². The van der Waals surface area contributed by atoms with E-state index in [9.17, 15) is 18.3 Å². The van der Waals surface area contributed by atoms with Gasteiger partial charge in [-0.3, -0.25) is 0 Å². The van der Waals surface area contributed by atoms with Crippen LogP contribution >= 0.6 is 0 Å². The molecule has 0 atom stereocenters. The van der Waals surface area contributed by atoms with Crippen molar-refractivity contribution in [1.29, 1.82) is 0 Å². The first kappa shape index (κ1) is 15.1. The summed E-state index contributed by atoms with van der Waals surface area (Å²) < 4.78 is 27.9. The lowest BCUT2D eigenvalue weighted by Gasteiger charge is -2.09. The van der Waals surface area contributed by atoms with Crippen LogP contribution in [0.5, 0.6) is 5.75 Å². The molecule has 0 radical (unpaired) electrons. The van der Waals surface area contributed by atoms with Gasteiger partial charge in [-0.1, -0.05) is 12.1 Å². The fourth-order valence-corrected chi connectivity index (χ4v) is 2.59. The molecule has 2 aromatic carbocycles. The monoisotopic (exact) mass is 306 g/mol. The number of hydrogen-bond acceptors (Lipinski definition) is 4. The smallest absolute Gasteiger partial charge is 0.336 e. The van der Waals surface area contributed by atoms with E-state index in [0.717, 1.165) is 6.26 Å². The van der Waals surface area contributed by atoms with E-state index in [1.165, 1.54) is 25.3 Å². The fraction of sp³-hybridized carbons (Fsp3) is 0.133. The lowest BCUT2D eigenvalue weighted by Crippen LogP contribution is -2.01. The van der Waals surface area contributed by atoms with E-state index in [1.807, 2.05) is 0 Å². The van der Waals surface area contributed by atoms with Crippen LogP contribution in [0.2, 0.25) is 0 Å². The average Bonchev–Trinajstić information content (AvgIpc) is 2.45. The van der Waals surface area contributed by atoms with Crippen molar-refractivity contribution in [2.24, 2.45) is 0 Å². The van der Waals surface area contributed by atoms with Crippen molar-refractivity contribution in [3.05, 3.63) is 48.0 Å². The summed E-state index contributed by atoms with van der Waals surface area (Å²) in [5.74, 6) is -0.625. The predicted octanol–water partition coefficient (Wildman–Crippen LogP) is 2.46. The van der Waals surface area contributed by atoms with E-state index < -0.39 is 15.8 Å². The minimum absolute atomic E-state index is 0.0986. The predicted molar refractivity (Wildman–Crippen MR) is 78.5 cm³/mol. The summed E-state index contributed by atoms with van der Waals surface area (Å²) in [5, 5.41) is 9.28. The van der Waals surface area contributed by atoms with Crippen LogP contribution in [-0.2, 0) is 9.84 Å². The Morgan fingerprint density at radius 1 is 1.10 bits per heavy atom. The van der Waals surface area contributed by atoms with Crippen LogP contribution in [0.3, 0.4) is 0 Å². The molecule has 1 N–H and O–H groups in total. The molecule has 0 aliphatic heterocycles. The number of hydrogen-bond donors (Lipinski definition) is 1. The summed E-state index contributed by atoms with van der Waals surface area (Å²) in [6, 6.07) is 10.8. The summed E-state index contributed by atoms with van der Waals surface area (Å²) in [7, 11) is -1.82. The Kier molecular flexibility index (Phi) is 3.99. The molecule has 0 spiro atoms. The highest BCUT2D eigenvalue weighted by Crippen LogP contribution is 2.28. The first-order valence-corrected chi connectivity index (χ1v) is 7.94. The van der Waals surface area contributed by atoms with Gasteiger partial charge < -0.3 is 9.84 Å². The molecule has 0 unspecified atom stereocenters. The molecule has 21 heavy (non-hydrogen) atoms. The highest BCUT2D eigenvalue weighted by atomic mass is 32.2. The summed E-state index contributed by atoms with van der Waals surface area (Å²) in [6.07, 6.45) is 1.12. The zero-order valence-corrected chi connectivity index (χ0v) is 12.3. The normalized spacial score (nSPS) is 11.1. The number of rotatable bonds is 4. The number of sulfone groups is 1. The zero-order valence-electron chi connectivity index (χ0n) is 11.5. The molecule has 2 rings (SSSR count). The molecular formula is C15H14O5S. The highest BCUT2D eigenvalue weighted by Gasteiger charge is 2.14. The molecule has 5 nitrogen and oxygen atoms in total. The maximum Gasteiger partial charge on any atom is 0.336 e. The second-order valence-electron chi connectivity index (χ2n) is 4.51. The van der Waals surface area contributed by atoms with Crippen molar-refractivity contribution in [3.63, 3.8) is 0 Å². The standard InChI is InChI=1S/C15H14O5S/c1-20-11-5-8-13(14(9-11)15(16)17)10-3-6-12(7-4-10)21(2,18)19/h3-9H,1-2H3,(H,16,17). The first-order chi connectivity index (χ1) is 9.82. The van der Waals surface area contributed by atoms with Crippen LogP contribution < -0.4 is 4.74 Å². The maximum absolute atomic E-state index is 11.4. The number of benzene rings is 2. The number of carboxylic acid groups (broad SMARTS) is 1. The van der Waals surface area contributed by atoms with Crippen LogP contribution in [0.25, 0.3) is 11.1 Å². The molecular weight excluding hydrogens is 292 g/mol. The van der Waals surface area contributed by atoms with Gasteiger partial charge in [0, 0.05) is 6.26 Å². The lowest BCUT2D eigenvalue weighted by atomic mass is 9.99. The summed E-state index contributed by atoms with van der Waals surface area (Å²) in [4.78, 5) is 11.5. The van der Waals surface area contributed by atoms with Crippen LogP contribution in [0, 0.1) is 0 Å². The molecule has 0 fully saturated rings. The molecule has 0 bridgehead atoms. The van der Waals surface area contributed by atoms with Crippen LogP contribution in [-0.4, -0.2) is 32.9 Å². The maximum atomic E-state index is 11.4. The van der Waals surface area contributed by atoms with E-state index in [1.54, 1.807) is 24.3 Å². The number of methoxy groups -OCH3 is 1. The lowest BCUT2D eigenvalue weighted by molar-refractivity contribution is 0.0697. The number of ether oxygens (including phenoxy) is 1. The van der Waals surface area contributed by atoms with E-state index in [2.05, 4.69) is 0 Å². The third kappa shape index (κ3) is 3.22. The van der Waals surface area contributed by atoms with Gasteiger partial charge in [-0.25, -0.2) is 13.2 Å². The molecule has 2 aromatic rings. The molecule has 0 aliphatic rings. The largest absolute Gasteiger partial charge is 0.497 e. The Hall–Kier alpha value is -2.34. The third-order valence-electron chi connectivity index (χ3n) is 3.05. The van der Waals surface area contributed by atoms with E-state index >= 15 is 0 Å². The van der Waals surface area contributed by atoms with Gasteiger partial charge in [0.1, 0.15) is 5.75 Å². The van der Waals surface area contributed by atoms with Gasteiger partial charge in [0.2, 0.25) is 0 Å². The van der Waals surface area contributed by atoms with Gasteiger partial charge >= 0.3 is 5.97 Å². The SMILES string of the molecule is COc1ccc(-c2ccc(S(C)(=O)=O)cc2)c(C(=O)O)c1. The first-order valence-electron chi connectivity index (χ1n) is 6.05. The summed E-state index contributed by atoms with van der Waals surface area (Å²) in [6.45, 7) is 0. The topological polar surface area (TPSA) is 80.7 Å². The van der Waals surface area contributed by atoms with Gasteiger partial charge in [-0.05, 0) is 41.5 Å². The Morgan fingerprint density at radius 3 is 2.19 bits per heavy atom. The molecule has 0 aliphatic carbocycles. The number of aromatic carboxylic acids is 1. The zero-order chi connectivity index (χ0) is 15.6. The van der Waals surface area contributed by atoms with Crippen molar-refractivity contribution < 1.29 is 23.1 Å². The summed E-state index contributed by atoms with van der Waals surface area (Å²) >= 11 is 0. The average molecular weight is 306 g/mol. The quantitative estimate of drug-likeness (QED) is 0.938. The third-order valence-corrected chi connectivity index (χ3v) is 4.18. The van der Waals surface area contributed by atoms with Crippen molar-refractivity contribution in [2.75, 3.05) is 13.4 Å². The second-order valence-corrected chi connectivity index (χ2v) is 6.53. The molecule has 6 heteroatoms. The molecule has 0 heterocycles. The van der Waals surface area contributed by atoms with Gasteiger partial charge in [-0.15, -0.1) is 0 Å². The van der Waals surface area contributed by atoms with Gasteiger partial charge in [0.15, 0.2) is 9.84 Å². The Balaban J connectivity index is 2.54. The summed E-state index contributed by atoms with van der Waals surface area (Å²) in [5.41, 5.74) is 1.23.